The summed E-state index contributed by atoms with van der Waals surface area (Å²) in [5.41, 5.74) is 1.04. The van der Waals surface area contributed by atoms with Gasteiger partial charge in [-0.15, -0.1) is 0 Å². The van der Waals surface area contributed by atoms with Crippen molar-refractivity contribution in [1.29, 1.82) is 0 Å². The Hall–Kier alpha value is -3.72. The molecule has 3 aromatic rings. The van der Waals surface area contributed by atoms with Gasteiger partial charge >= 0.3 is 0 Å². The van der Waals surface area contributed by atoms with Crippen LogP contribution in [0.4, 0.5) is 11.4 Å². The molecule has 0 unspecified atom stereocenters. The van der Waals surface area contributed by atoms with Gasteiger partial charge in [0.25, 0.3) is 15.9 Å². The third kappa shape index (κ3) is 7.15. The molecule has 0 aliphatic heterocycles. The molecular weight excluding hydrogens is 444 g/mol. The molecular formula is C24H26N2O6S. The number of sulfonamides is 1. The number of hydrogen-bond donors (Lipinski definition) is 2. The molecule has 1 amide bonds. The van der Waals surface area contributed by atoms with E-state index in [0.717, 1.165) is 5.75 Å². The van der Waals surface area contributed by atoms with Crippen LogP contribution in [0.5, 0.6) is 17.2 Å². The summed E-state index contributed by atoms with van der Waals surface area (Å²) >= 11 is 0. The third-order valence-corrected chi connectivity index (χ3v) is 5.77. The van der Waals surface area contributed by atoms with Crippen LogP contribution in [-0.4, -0.2) is 34.1 Å². The molecule has 9 heteroatoms. The van der Waals surface area contributed by atoms with Gasteiger partial charge in [-0.2, -0.15) is 0 Å². The molecule has 0 atom stereocenters. The highest BCUT2D eigenvalue weighted by molar-refractivity contribution is 7.92. The summed E-state index contributed by atoms with van der Waals surface area (Å²) in [7, 11) is -3.77. The van der Waals surface area contributed by atoms with Crippen molar-refractivity contribution in [2.45, 2.75) is 18.7 Å². The van der Waals surface area contributed by atoms with Gasteiger partial charge in [-0.25, -0.2) is 8.42 Å². The lowest BCUT2D eigenvalue weighted by Gasteiger charge is -2.11. The summed E-state index contributed by atoms with van der Waals surface area (Å²) in [4.78, 5) is 12.2. The zero-order valence-electron chi connectivity index (χ0n) is 18.4. The molecule has 0 fully saturated rings. The number of carbonyl (C=O) groups excluding carboxylic acids is 1. The Morgan fingerprint density at radius 2 is 1.15 bits per heavy atom. The summed E-state index contributed by atoms with van der Waals surface area (Å²) in [6.45, 7) is 4.65. The number of rotatable bonds is 11. The van der Waals surface area contributed by atoms with Crippen molar-refractivity contribution in [2.75, 3.05) is 29.9 Å². The van der Waals surface area contributed by atoms with Crippen molar-refractivity contribution in [3.63, 3.8) is 0 Å². The van der Waals surface area contributed by atoms with Gasteiger partial charge < -0.3 is 19.5 Å². The zero-order valence-corrected chi connectivity index (χ0v) is 19.2. The molecule has 0 heterocycles. The fourth-order valence-corrected chi connectivity index (χ4v) is 3.92. The highest BCUT2D eigenvalue weighted by Gasteiger charge is 2.14. The lowest BCUT2D eigenvalue weighted by Crippen LogP contribution is -2.20. The second-order valence-electron chi connectivity index (χ2n) is 6.83. The molecule has 0 spiro atoms. The number of hydrogen-bond acceptors (Lipinski definition) is 6. The van der Waals surface area contributed by atoms with Crippen LogP contribution in [0.3, 0.4) is 0 Å². The van der Waals surface area contributed by atoms with Gasteiger partial charge in [0.05, 0.1) is 18.1 Å². The molecule has 33 heavy (non-hydrogen) atoms. The number of ether oxygens (including phenoxy) is 3. The second kappa shape index (κ2) is 11.2. The van der Waals surface area contributed by atoms with E-state index in [9.17, 15) is 13.2 Å². The summed E-state index contributed by atoms with van der Waals surface area (Å²) in [6, 6.07) is 19.5. The van der Waals surface area contributed by atoms with E-state index in [1.54, 1.807) is 48.5 Å². The number of anilines is 2. The highest BCUT2D eigenvalue weighted by Crippen LogP contribution is 2.21. The van der Waals surface area contributed by atoms with Crippen LogP contribution >= 0.6 is 0 Å². The number of carbonyl (C=O) groups is 1. The smallest absolute Gasteiger partial charge is 0.262 e. The van der Waals surface area contributed by atoms with E-state index in [1.807, 2.05) is 13.8 Å². The SMILES string of the molecule is CCOc1ccc(NC(=O)COc2ccc(S(=O)(=O)Nc3ccc(OCC)cc3)cc2)cc1. The molecule has 174 valence electrons. The monoisotopic (exact) mass is 470 g/mol. The fraction of sp³-hybridized carbons (Fsp3) is 0.208. The molecule has 3 aromatic carbocycles. The lowest BCUT2D eigenvalue weighted by atomic mass is 10.3. The summed E-state index contributed by atoms with van der Waals surface area (Å²) in [5, 5.41) is 2.72. The minimum Gasteiger partial charge on any atom is -0.494 e. The first kappa shape index (κ1) is 23.9. The van der Waals surface area contributed by atoms with Crippen molar-refractivity contribution < 1.29 is 27.4 Å². The Morgan fingerprint density at radius 3 is 1.67 bits per heavy atom. The van der Waals surface area contributed by atoms with E-state index in [4.69, 9.17) is 14.2 Å². The molecule has 0 aliphatic carbocycles. The number of benzene rings is 3. The zero-order chi connectivity index (χ0) is 23.7. The quantitative estimate of drug-likeness (QED) is 0.433. The topological polar surface area (TPSA) is 103 Å². The maximum atomic E-state index is 12.6. The van der Waals surface area contributed by atoms with Crippen molar-refractivity contribution in [2.24, 2.45) is 0 Å². The minimum atomic E-state index is -3.77. The Balaban J connectivity index is 1.52. The van der Waals surface area contributed by atoms with E-state index in [-0.39, 0.29) is 17.4 Å². The molecule has 0 aliphatic rings. The molecule has 0 radical (unpaired) electrons. The number of amides is 1. The number of nitrogens with one attached hydrogen (secondary N) is 2. The van der Waals surface area contributed by atoms with Gasteiger partial charge in [0.15, 0.2) is 6.61 Å². The third-order valence-electron chi connectivity index (χ3n) is 4.37. The van der Waals surface area contributed by atoms with Crippen LogP contribution < -0.4 is 24.2 Å². The average molecular weight is 471 g/mol. The van der Waals surface area contributed by atoms with E-state index in [1.165, 1.54) is 24.3 Å². The van der Waals surface area contributed by atoms with Crippen molar-refractivity contribution in [3.05, 3.63) is 72.8 Å². The first-order valence-corrected chi connectivity index (χ1v) is 11.9. The minimum absolute atomic E-state index is 0.0718. The van der Waals surface area contributed by atoms with Gasteiger partial charge in [0.2, 0.25) is 0 Å². The molecule has 0 saturated heterocycles. The maximum Gasteiger partial charge on any atom is 0.262 e. The van der Waals surface area contributed by atoms with Gasteiger partial charge in [0, 0.05) is 11.4 Å². The van der Waals surface area contributed by atoms with Crippen LogP contribution in [0.1, 0.15) is 13.8 Å². The Morgan fingerprint density at radius 1 is 0.697 bits per heavy atom. The molecule has 0 aromatic heterocycles. The van der Waals surface area contributed by atoms with Crippen LogP contribution in [-0.2, 0) is 14.8 Å². The van der Waals surface area contributed by atoms with E-state index in [2.05, 4.69) is 10.0 Å². The van der Waals surface area contributed by atoms with E-state index < -0.39 is 10.0 Å². The van der Waals surface area contributed by atoms with Crippen molar-refractivity contribution in [3.8, 4) is 17.2 Å². The van der Waals surface area contributed by atoms with Crippen LogP contribution in [0, 0.1) is 0 Å². The first-order valence-electron chi connectivity index (χ1n) is 10.4. The average Bonchev–Trinajstić information content (AvgIpc) is 2.81. The van der Waals surface area contributed by atoms with Crippen LogP contribution in [0.25, 0.3) is 0 Å². The summed E-state index contributed by atoms with van der Waals surface area (Å²) in [6.07, 6.45) is 0. The van der Waals surface area contributed by atoms with Crippen LogP contribution in [0.15, 0.2) is 77.7 Å². The summed E-state index contributed by atoms with van der Waals surface area (Å²) < 4.78 is 43.9. The molecule has 2 N–H and O–H groups in total. The van der Waals surface area contributed by atoms with Gasteiger partial charge in [-0.3, -0.25) is 9.52 Å². The lowest BCUT2D eigenvalue weighted by molar-refractivity contribution is -0.118. The van der Waals surface area contributed by atoms with Gasteiger partial charge in [-0.05, 0) is 86.6 Å². The fourth-order valence-electron chi connectivity index (χ4n) is 2.86. The predicted molar refractivity (Wildman–Crippen MR) is 127 cm³/mol. The Kier molecular flexibility index (Phi) is 8.15. The molecule has 8 nitrogen and oxygen atoms in total. The standard InChI is InChI=1S/C24H26N2O6S/c1-3-30-20-9-5-18(6-10-20)25-24(27)17-32-22-13-15-23(16-14-22)33(28,29)26-19-7-11-21(12-8-19)31-4-2/h5-16,26H,3-4,17H2,1-2H3,(H,25,27). The second-order valence-corrected chi connectivity index (χ2v) is 8.51. The predicted octanol–water partition coefficient (Wildman–Crippen LogP) is 4.30. The van der Waals surface area contributed by atoms with Gasteiger partial charge in [-0.1, -0.05) is 0 Å². The van der Waals surface area contributed by atoms with Crippen molar-refractivity contribution >= 4 is 27.3 Å². The van der Waals surface area contributed by atoms with E-state index >= 15 is 0 Å². The first-order chi connectivity index (χ1) is 15.9. The largest absolute Gasteiger partial charge is 0.494 e. The summed E-state index contributed by atoms with van der Waals surface area (Å²) in [5.74, 6) is 1.41. The Bertz CT molecular complexity index is 1150. The van der Waals surface area contributed by atoms with Gasteiger partial charge in [0.1, 0.15) is 17.2 Å². The maximum absolute atomic E-state index is 12.6. The highest BCUT2D eigenvalue weighted by atomic mass is 32.2. The van der Waals surface area contributed by atoms with Crippen LogP contribution in [0.2, 0.25) is 0 Å². The van der Waals surface area contributed by atoms with E-state index in [0.29, 0.717) is 36.1 Å². The normalized spacial score (nSPS) is 10.8. The molecule has 0 saturated carbocycles. The molecule has 3 rings (SSSR count). The van der Waals surface area contributed by atoms with Crippen molar-refractivity contribution in [1.82, 2.24) is 0 Å². The Labute approximate surface area is 193 Å². The molecule has 0 bridgehead atoms.